The second-order valence-corrected chi connectivity index (χ2v) is 10.8. The van der Waals surface area contributed by atoms with Gasteiger partial charge in [0.25, 0.3) is 0 Å². The van der Waals surface area contributed by atoms with Crippen LogP contribution in [0.3, 0.4) is 0 Å². The Labute approximate surface area is 253 Å². The topological polar surface area (TPSA) is 61.8 Å². The van der Waals surface area contributed by atoms with E-state index in [4.69, 9.17) is 6.57 Å². The highest BCUT2D eigenvalue weighted by atomic mass is 15.0. The summed E-state index contributed by atoms with van der Waals surface area (Å²) in [5.74, 6) is 0. The number of rotatable bonds is 3. The Kier molecular flexibility index (Phi) is 5.56. The lowest BCUT2D eigenvalue weighted by molar-refractivity contribution is 1.17. The maximum Gasteiger partial charge on any atom is 0.188 e. The number of nitriles is 2. The number of benzene rings is 6. The Hall–Kier alpha value is -6.61. The fourth-order valence-electron chi connectivity index (χ4n) is 6.43. The third-order valence-corrected chi connectivity index (χ3v) is 8.33. The fourth-order valence-corrected chi connectivity index (χ4v) is 6.43. The van der Waals surface area contributed by atoms with Crippen LogP contribution in [-0.2, 0) is 0 Å². The maximum absolute atomic E-state index is 10.1. The van der Waals surface area contributed by atoms with E-state index in [1.807, 2.05) is 78.9 Å². The minimum atomic E-state index is 0.561. The van der Waals surface area contributed by atoms with Crippen LogP contribution in [0, 0.1) is 29.2 Å². The summed E-state index contributed by atoms with van der Waals surface area (Å²) in [6.07, 6.45) is 0. The summed E-state index contributed by atoms with van der Waals surface area (Å²) < 4.78 is 4.40. The zero-order valence-corrected chi connectivity index (χ0v) is 23.4. The minimum absolute atomic E-state index is 0.561. The molecule has 0 atom stereocenters. The second kappa shape index (κ2) is 9.74. The molecule has 0 aliphatic carbocycles. The van der Waals surface area contributed by atoms with Crippen LogP contribution in [-0.4, -0.2) is 9.13 Å². The molecule has 0 bridgehead atoms. The Balaban J connectivity index is 1.35. The van der Waals surface area contributed by atoms with Crippen molar-refractivity contribution in [2.45, 2.75) is 0 Å². The van der Waals surface area contributed by atoms with Gasteiger partial charge in [0.2, 0.25) is 0 Å². The van der Waals surface area contributed by atoms with Gasteiger partial charge in [0.15, 0.2) is 5.69 Å². The Morgan fingerprint density at radius 3 is 1.80 bits per heavy atom. The molecule has 0 aliphatic heterocycles. The number of hydrogen-bond donors (Lipinski definition) is 0. The number of nitrogens with zero attached hydrogens (tertiary/aromatic N) is 5. The van der Waals surface area contributed by atoms with E-state index in [0.717, 1.165) is 66.1 Å². The Morgan fingerprint density at radius 1 is 0.477 bits per heavy atom. The van der Waals surface area contributed by atoms with Gasteiger partial charge >= 0.3 is 0 Å². The summed E-state index contributed by atoms with van der Waals surface area (Å²) in [7, 11) is 0. The van der Waals surface area contributed by atoms with Crippen molar-refractivity contribution in [3.8, 4) is 34.6 Å². The smallest absolute Gasteiger partial charge is 0.188 e. The van der Waals surface area contributed by atoms with Gasteiger partial charge in [-0.2, -0.15) is 10.5 Å². The lowest BCUT2D eigenvalue weighted by Crippen LogP contribution is -1.97. The zero-order chi connectivity index (χ0) is 29.8. The van der Waals surface area contributed by atoms with Crippen molar-refractivity contribution >= 4 is 49.3 Å². The van der Waals surface area contributed by atoms with E-state index in [1.165, 1.54) is 0 Å². The van der Waals surface area contributed by atoms with Gasteiger partial charge in [-0.3, -0.25) is 0 Å². The first-order chi connectivity index (χ1) is 21.7. The second-order valence-electron chi connectivity index (χ2n) is 10.8. The van der Waals surface area contributed by atoms with Crippen molar-refractivity contribution < 1.29 is 0 Å². The molecule has 8 aromatic rings. The van der Waals surface area contributed by atoms with Crippen LogP contribution < -0.4 is 0 Å². The molecule has 0 unspecified atom stereocenters. The van der Waals surface area contributed by atoms with Crippen LogP contribution in [0.1, 0.15) is 11.1 Å². The Bertz CT molecular complexity index is 2600. The van der Waals surface area contributed by atoms with Gasteiger partial charge in [-0.15, -0.1) is 0 Å². The predicted molar refractivity (Wildman–Crippen MR) is 176 cm³/mol. The molecule has 5 heteroatoms. The first-order valence-electron chi connectivity index (χ1n) is 14.2. The van der Waals surface area contributed by atoms with E-state index < -0.39 is 0 Å². The summed E-state index contributed by atoms with van der Waals surface area (Å²) in [4.78, 5) is 3.65. The highest BCUT2D eigenvalue weighted by Gasteiger charge is 2.16. The molecule has 44 heavy (non-hydrogen) atoms. The molecule has 8 rings (SSSR count). The SMILES string of the molecule is [C-]#[N+]c1ccc2c(c1)c1ccccc1n2-c1cccc(-c2cc(C#N)cc(-n3c4ccccc4c4cc(C#N)ccc43)c2)c1. The molecule has 202 valence electrons. The largest absolute Gasteiger partial charge is 0.309 e. The number of para-hydroxylation sites is 2. The van der Waals surface area contributed by atoms with Crippen molar-refractivity contribution in [1.29, 1.82) is 10.5 Å². The summed E-state index contributed by atoms with van der Waals surface area (Å²) >= 11 is 0. The van der Waals surface area contributed by atoms with Crippen LogP contribution in [0.15, 0.2) is 127 Å². The first kappa shape index (κ1) is 25.1. The third-order valence-electron chi connectivity index (χ3n) is 8.33. The molecule has 0 saturated heterocycles. The van der Waals surface area contributed by atoms with Gasteiger partial charge in [-0.25, -0.2) is 4.85 Å². The minimum Gasteiger partial charge on any atom is -0.309 e. The quantitative estimate of drug-likeness (QED) is 0.202. The average molecular weight is 560 g/mol. The van der Waals surface area contributed by atoms with E-state index in [2.05, 4.69) is 74.6 Å². The van der Waals surface area contributed by atoms with Crippen LogP contribution in [0.5, 0.6) is 0 Å². The summed E-state index contributed by atoms with van der Waals surface area (Å²) in [5, 5.41) is 23.8. The maximum atomic E-state index is 10.1. The number of hydrogen-bond acceptors (Lipinski definition) is 2. The molecule has 6 aromatic carbocycles. The molecule has 2 aromatic heterocycles. The van der Waals surface area contributed by atoms with Crippen LogP contribution in [0.2, 0.25) is 0 Å². The molecule has 0 saturated carbocycles. The van der Waals surface area contributed by atoms with Gasteiger partial charge in [-0.05, 0) is 89.3 Å². The summed E-state index contributed by atoms with van der Waals surface area (Å²) in [6, 6.07) is 47.0. The van der Waals surface area contributed by atoms with Gasteiger partial charge in [0, 0.05) is 27.5 Å². The highest BCUT2D eigenvalue weighted by Crippen LogP contribution is 2.37. The van der Waals surface area contributed by atoms with E-state index in [9.17, 15) is 10.5 Å². The summed E-state index contributed by atoms with van der Waals surface area (Å²) in [5.41, 5.74) is 9.65. The molecule has 0 N–H and O–H groups in total. The van der Waals surface area contributed by atoms with Gasteiger partial charge in [0.1, 0.15) is 0 Å². The highest BCUT2D eigenvalue weighted by molar-refractivity contribution is 6.11. The van der Waals surface area contributed by atoms with Gasteiger partial charge in [-0.1, -0.05) is 54.6 Å². The van der Waals surface area contributed by atoms with E-state index in [-0.39, 0.29) is 0 Å². The molecule has 0 aliphatic rings. The molecule has 2 heterocycles. The fraction of sp³-hybridized carbons (Fsp3) is 0. The zero-order valence-electron chi connectivity index (χ0n) is 23.4. The standard InChI is InChI=1S/C39H21N5/c1-42-29-14-16-39-35(22-29)33-10-3-4-11-36(33)43(39)30-8-6-7-27(20-30)28-17-26(24-41)18-31(21-28)44-37-12-5-2-9-32(37)34-19-25(23-40)13-15-38(34)44/h2-22H. The van der Waals surface area contributed by atoms with Crippen LogP contribution >= 0.6 is 0 Å². The molecule has 0 fully saturated rings. The lowest BCUT2D eigenvalue weighted by atomic mass is 10.0. The van der Waals surface area contributed by atoms with Crippen molar-refractivity contribution in [2.24, 2.45) is 0 Å². The molecular weight excluding hydrogens is 538 g/mol. The van der Waals surface area contributed by atoms with Crippen LogP contribution in [0.25, 0.3) is 71.0 Å². The van der Waals surface area contributed by atoms with E-state index in [1.54, 1.807) is 0 Å². The van der Waals surface area contributed by atoms with Crippen molar-refractivity contribution in [1.82, 2.24) is 9.13 Å². The van der Waals surface area contributed by atoms with Crippen molar-refractivity contribution in [2.75, 3.05) is 0 Å². The Morgan fingerprint density at radius 2 is 1.09 bits per heavy atom. The van der Waals surface area contributed by atoms with Crippen molar-refractivity contribution in [3.05, 3.63) is 150 Å². The monoisotopic (exact) mass is 559 g/mol. The number of fused-ring (bicyclic) bond motifs is 6. The number of aromatic nitrogens is 2. The van der Waals surface area contributed by atoms with E-state index in [0.29, 0.717) is 16.8 Å². The van der Waals surface area contributed by atoms with E-state index >= 15 is 0 Å². The average Bonchev–Trinajstić information content (AvgIpc) is 3.60. The van der Waals surface area contributed by atoms with Crippen LogP contribution in [0.4, 0.5) is 5.69 Å². The molecule has 0 radical (unpaired) electrons. The third kappa shape index (κ3) is 3.77. The molecule has 5 nitrogen and oxygen atoms in total. The van der Waals surface area contributed by atoms with Gasteiger partial charge < -0.3 is 9.13 Å². The molecule has 0 spiro atoms. The summed E-state index contributed by atoms with van der Waals surface area (Å²) in [6.45, 7) is 7.51. The van der Waals surface area contributed by atoms with Gasteiger partial charge in [0.05, 0.1) is 51.9 Å². The van der Waals surface area contributed by atoms with Crippen molar-refractivity contribution in [3.63, 3.8) is 0 Å². The molecular formula is C39H21N5. The lowest BCUT2D eigenvalue weighted by Gasteiger charge is -2.13. The normalized spacial score (nSPS) is 11.1. The first-order valence-corrected chi connectivity index (χ1v) is 14.2. The molecule has 0 amide bonds. The predicted octanol–water partition coefficient (Wildman–Crippen LogP) is 9.84.